The van der Waals surface area contributed by atoms with Gasteiger partial charge in [0.25, 0.3) is 0 Å². The summed E-state index contributed by atoms with van der Waals surface area (Å²) in [5.74, 6) is 0.750. The van der Waals surface area contributed by atoms with Gasteiger partial charge in [-0.2, -0.15) is 0 Å². The summed E-state index contributed by atoms with van der Waals surface area (Å²) in [5, 5.41) is 0.381. The van der Waals surface area contributed by atoms with E-state index in [1.807, 2.05) is 17.5 Å². The van der Waals surface area contributed by atoms with Gasteiger partial charge in [-0.3, -0.25) is 4.40 Å². The van der Waals surface area contributed by atoms with Crippen molar-refractivity contribution < 1.29 is 14.3 Å². The van der Waals surface area contributed by atoms with E-state index in [9.17, 15) is 4.79 Å². The normalized spacial score (nSPS) is 25.1. The Hall–Kier alpha value is -1.58. The Morgan fingerprint density at radius 3 is 2.92 bits per heavy atom. The van der Waals surface area contributed by atoms with Crippen LogP contribution < -0.4 is 10.6 Å². The lowest BCUT2D eigenvalue weighted by atomic mass is 9.74. The number of ether oxygens (including phenoxy) is 2. The Balaban J connectivity index is 1.58. The number of imidazole rings is 1. The van der Waals surface area contributed by atoms with Crippen LogP contribution in [0.25, 0.3) is 5.65 Å². The van der Waals surface area contributed by atoms with Gasteiger partial charge in [0.1, 0.15) is 6.10 Å². The fraction of sp³-hybridized carbons (Fsp3) is 0.562. The molecule has 1 amide bonds. The number of piperidine rings is 1. The van der Waals surface area contributed by atoms with Crippen LogP contribution in [0.2, 0.25) is 5.15 Å². The second-order valence-corrected chi connectivity index (χ2v) is 8.01. The molecule has 2 atom stereocenters. The van der Waals surface area contributed by atoms with Gasteiger partial charge in [0.05, 0.1) is 17.2 Å². The predicted octanol–water partition coefficient (Wildman–Crippen LogP) is 2.61. The fourth-order valence-corrected chi connectivity index (χ4v) is 4.57. The highest BCUT2D eigenvalue weighted by Crippen LogP contribution is 2.44. The second kappa shape index (κ2) is 6.54. The third kappa shape index (κ3) is 2.82. The van der Waals surface area contributed by atoms with Crippen molar-refractivity contribution in [2.45, 2.75) is 32.0 Å². The number of nitrogens with zero attached hydrogens (tertiary/aromatic N) is 4. The molecule has 2 aliphatic rings. The first-order chi connectivity index (χ1) is 12.4. The first-order valence-electron chi connectivity index (χ1n) is 8.42. The summed E-state index contributed by atoms with van der Waals surface area (Å²) in [7, 11) is 0. The van der Waals surface area contributed by atoms with Crippen molar-refractivity contribution in [3.63, 3.8) is 0 Å². The Bertz CT molecular complexity index is 852. The maximum Gasteiger partial charge on any atom is 0.404 e. The van der Waals surface area contributed by atoms with Gasteiger partial charge in [0.15, 0.2) is 10.8 Å². The number of halogens is 2. The van der Waals surface area contributed by atoms with Gasteiger partial charge in [0, 0.05) is 30.9 Å². The van der Waals surface area contributed by atoms with Crippen molar-refractivity contribution in [2.75, 3.05) is 24.6 Å². The standard InChI is InChI=1S/C16H19BrClN5O3/c1-9-11(26-14(19)24)16(8-25-9)2-5-22(6-3-16)15-21-12(18)10(17)13-20-4-7-23(13)15/h4,7,9,11H,2-3,5-6,8H2,1H3,(H2,19,24)/t9-,11+/m0/s1. The number of anilines is 1. The van der Waals surface area contributed by atoms with E-state index in [1.54, 1.807) is 6.20 Å². The number of carbonyl (C=O) groups excluding carboxylic acids is 1. The molecule has 0 radical (unpaired) electrons. The number of fused-ring (bicyclic) bond motifs is 1. The number of nitrogens with two attached hydrogens (primary N) is 1. The Morgan fingerprint density at radius 1 is 1.50 bits per heavy atom. The van der Waals surface area contributed by atoms with Crippen LogP contribution in [-0.4, -0.2) is 52.4 Å². The molecule has 2 saturated heterocycles. The molecular formula is C16H19BrClN5O3. The molecular weight excluding hydrogens is 426 g/mol. The molecule has 8 nitrogen and oxygen atoms in total. The number of primary amides is 1. The van der Waals surface area contributed by atoms with E-state index in [1.165, 1.54) is 0 Å². The lowest BCUT2D eigenvalue weighted by Gasteiger charge is -2.41. The summed E-state index contributed by atoms with van der Waals surface area (Å²) in [6, 6.07) is 0. The molecule has 4 rings (SSSR count). The van der Waals surface area contributed by atoms with Crippen molar-refractivity contribution >= 4 is 45.2 Å². The molecule has 140 valence electrons. The Labute approximate surface area is 163 Å². The first-order valence-corrected chi connectivity index (χ1v) is 9.59. The monoisotopic (exact) mass is 443 g/mol. The lowest BCUT2D eigenvalue weighted by molar-refractivity contribution is 0.00807. The highest BCUT2D eigenvalue weighted by Gasteiger charge is 2.52. The number of rotatable bonds is 2. The van der Waals surface area contributed by atoms with Gasteiger partial charge in [-0.15, -0.1) is 0 Å². The van der Waals surface area contributed by atoms with Crippen LogP contribution in [0.1, 0.15) is 19.8 Å². The number of hydrogen-bond acceptors (Lipinski definition) is 6. The van der Waals surface area contributed by atoms with Crippen molar-refractivity contribution in [3.8, 4) is 0 Å². The molecule has 2 N–H and O–H groups in total. The molecule has 4 heterocycles. The van der Waals surface area contributed by atoms with E-state index in [-0.39, 0.29) is 17.6 Å². The maximum absolute atomic E-state index is 11.3. The van der Waals surface area contributed by atoms with Gasteiger partial charge in [-0.1, -0.05) is 11.6 Å². The average Bonchev–Trinajstić information content (AvgIpc) is 3.20. The average molecular weight is 445 g/mol. The predicted molar refractivity (Wildman–Crippen MR) is 99.4 cm³/mol. The third-order valence-corrected chi connectivity index (χ3v) is 6.61. The number of amides is 1. The molecule has 0 bridgehead atoms. The van der Waals surface area contributed by atoms with Gasteiger partial charge >= 0.3 is 6.09 Å². The number of hydrogen-bond donors (Lipinski definition) is 1. The molecule has 26 heavy (non-hydrogen) atoms. The highest BCUT2D eigenvalue weighted by atomic mass is 79.9. The molecule has 10 heteroatoms. The molecule has 2 aromatic rings. The molecule has 2 aromatic heterocycles. The minimum absolute atomic E-state index is 0.158. The van der Waals surface area contributed by atoms with Gasteiger partial charge in [-0.05, 0) is 35.7 Å². The van der Waals surface area contributed by atoms with E-state index in [2.05, 4.69) is 30.8 Å². The SMILES string of the molecule is C[C@@H]1OCC2(CCN(c3nc(Cl)c(Br)c4nccn34)CC2)[C@@H]1OC(N)=O. The number of aromatic nitrogens is 3. The zero-order valence-corrected chi connectivity index (χ0v) is 16.5. The molecule has 0 unspecified atom stereocenters. The smallest absolute Gasteiger partial charge is 0.404 e. The fourth-order valence-electron chi connectivity index (χ4n) is 4.02. The third-order valence-electron chi connectivity index (χ3n) is 5.38. The van der Waals surface area contributed by atoms with Crippen molar-refractivity contribution in [1.82, 2.24) is 14.4 Å². The van der Waals surface area contributed by atoms with E-state index in [4.69, 9.17) is 26.8 Å². The van der Waals surface area contributed by atoms with Gasteiger partial charge in [-0.25, -0.2) is 14.8 Å². The molecule has 1 spiro atoms. The second-order valence-electron chi connectivity index (χ2n) is 6.86. The van der Waals surface area contributed by atoms with Crippen LogP contribution in [-0.2, 0) is 9.47 Å². The summed E-state index contributed by atoms with van der Waals surface area (Å²) in [6.07, 6.45) is 3.96. The zero-order valence-electron chi connectivity index (χ0n) is 14.2. The van der Waals surface area contributed by atoms with Gasteiger partial charge in [0.2, 0.25) is 5.95 Å². The van der Waals surface area contributed by atoms with Crippen molar-refractivity contribution in [2.24, 2.45) is 11.1 Å². The molecule has 2 fully saturated rings. The van der Waals surface area contributed by atoms with Crippen molar-refractivity contribution in [1.29, 1.82) is 0 Å². The van der Waals surface area contributed by atoms with Crippen LogP contribution in [0.3, 0.4) is 0 Å². The molecule has 0 aliphatic carbocycles. The van der Waals surface area contributed by atoms with E-state index in [0.717, 1.165) is 37.5 Å². The van der Waals surface area contributed by atoms with Gasteiger partial charge < -0.3 is 20.1 Å². The summed E-state index contributed by atoms with van der Waals surface area (Å²) in [5.41, 5.74) is 5.78. The van der Waals surface area contributed by atoms with Crippen LogP contribution in [0.15, 0.2) is 16.9 Å². The van der Waals surface area contributed by atoms with Crippen LogP contribution in [0.5, 0.6) is 0 Å². The summed E-state index contributed by atoms with van der Waals surface area (Å²) >= 11 is 9.69. The van der Waals surface area contributed by atoms with E-state index < -0.39 is 6.09 Å². The first kappa shape index (κ1) is 17.8. The summed E-state index contributed by atoms with van der Waals surface area (Å²) in [6.45, 7) is 3.97. The molecule has 2 aliphatic heterocycles. The van der Waals surface area contributed by atoms with Crippen LogP contribution in [0, 0.1) is 5.41 Å². The minimum atomic E-state index is -0.754. The Morgan fingerprint density at radius 2 is 2.23 bits per heavy atom. The topological polar surface area (TPSA) is 95.0 Å². The zero-order chi connectivity index (χ0) is 18.5. The largest absolute Gasteiger partial charge is 0.443 e. The minimum Gasteiger partial charge on any atom is -0.443 e. The summed E-state index contributed by atoms with van der Waals surface area (Å²) < 4.78 is 13.8. The Kier molecular flexibility index (Phi) is 4.48. The highest BCUT2D eigenvalue weighted by molar-refractivity contribution is 9.10. The number of carbonyl (C=O) groups is 1. The lowest BCUT2D eigenvalue weighted by Crippen LogP contribution is -2.49. The van der Waals surface area contributed by atoms with Crippen LogP contribution >= 0.6 is 27.5 Å². The van der Waals surface area contributed by atoms with Crippen LogP contribution in [0.4, 0.5) is 10.7 Å². The van der Waals surface area contributed by atoms with E-state index in [0.29, 0.717) is 16.2 Å². The van der Waals surface area contributed by atoms with Crippen molar-refractivity contribution in [3.05, 3.63) is 22.0 Å². The van der Waals surface area contributed by atoms with E-state index >= 15 is 0 Å². The molecule has 0 aromatic carbocycles. The molecule has 0 saturated carbocycles. The quantitative estimate of drug-likeness (QED) is 0.716. The summed E-state index contributed by atoms with van der Waals surface area (Å²) in [4.78, 5) is 22.3. The maximum atomic E-state index is 11.3.